The third-order valence-electron chi connectivity index (χ3n) is 12.8. The number of ether oxygens (including phenoxy) is 3. The Morgan fingerprint density at radius 2 is 0.542 bits per heavy atom. The molecule has 6 heteroatoms. The standard InChI is InChI=1S/C66H112O6/c1-4-7-10-13-16-19-22-24-26-28-30-32-33-35-36-38-40-42-44-47-50-53-56-59-65(68)71-62-63(61-70-64(67)58-55-52-49-46-21-18-15-12-9-6-3)72-66(69)60-57-54-51-48-45-43-41-39-37-34-31-29-27-25-23-20-17-14-11-8-5-2/h7-8,10-11,16-17,19-20,24-27,30-32,34,63H,4-6,9,12-15,18,21-23,28-29,33,35-62H2,1-3H3/b10-7-,11-8-,19-16-,20-17-,26-24-,27-25-,32-30-,34-31-. The second kappa shape index (κ2) is 59.9. The van der Waals surface area contributed by atoms with Crippen molar-refractivity contribution < 1.29 is 28.6 Å². The molecule has 1 unspecified atom stereocenters. The molecule has 0 aliphatic heterocycles. The van der Waals surface area contributed by atoms with Gasteiger partial charge >= 0.3 is 17.9 Å². The number of carbonyl (C=O) groups is 3. The van der Waals surface area contributed by atoms with Gasteiger partial charge in [0.2, 0.25) is 0 Å². The van der Waals surface area contributed by atoms with Gasteiger partial charge in [-0.05, 0) is 96.3 Å². The summed E-state index contributed by atoms with van der Waals surface area (Å²) in [4.78, 5) is 38.2. The number of carbonyl (C=O) groups excluding carboxylic acids is 3. The zero-order valence-electron chi connectivity index (χ0n) is 47.2. The van der Waals surface area contributed by atoms with Crippen molar-refractivity contribution >= 4 is 17.9 Å². The zero-order valence-corrected chi connectivity index (χ0v) is 47.2. The lowest BCUT2D eigenvalue weighted by Crippen LogP contribution is -2.30. The van der Waals surface area contributed by atoms with Gasteiger partial charge in [0.1, 0.15) is 13.2 Å². The molecule has 0 aliphatic carbocycles. The van der Waals surface area contributed by atoms with E-state index in [-0.39, 0.29) is 31.1 Å². The van der Waals surface area contributed by atoms with Gasteiger partial charge in [0.05, 0.1) is 0 Å². The van der Waals surface area contributed by atoms with Gasteiger partial charge in [-0.1, -0.05) is 266 Å². The maximum atomic E-state index is 12.9. The zero-order chi connectivity index (χ0) is 52.2. The highest BCUT2D eigenvalue weighted by Gasteiger charge is 2.19. The molecule has 1 atom stereocenters. The van der Waals surface area contributed by atoms with Crippen LogP contribution in [0.25, 0.3) is 0 Å². The van der Waals surface area contributed by atoms with Crippen molar-refractivity contribution in [3.63, 3.8) is 0 Å². The Morgan fingerprint density at radius 3 is 0.847 bits per heavy atom. The van der Waals surface area contributed by atoms with E-state index in [2.05, 4.69) is 118 Å². The molecule has 72 heavy (non-hydrogen) atoms. The minimum Gasteiger partial charge on any atom is -0.462 e. The van der Waals surface area contributed by atoms with E-state index in [1.54, 1.807) is 0 Å². The van der Waals surface area contributed by atoms with E-state index < -0.39 is 6.10 Å². The first-order valence-corrected chi connectivity index (χ1v) is 30.2. The van der Waals surface area contributed by atoms with Crippen LogP contribution in [0.5, 0.6) is 0 Å². The monoisotopic (exact) mass is 1000 g/mol. The van der Waals surface area contributed by atoms with Crippen molar-refractivity contribution in [2.24, 2.45) is 0 Å². The fourth-order valence-corrected chi connectivity index (χ4v) is 8.37. The van der Waals surface area contributed by atoms with Crippen LogP contribution in [-0.2, 0) is 28.6 Å². The minimum atomic E-state index is -0.783. The number of hydrogen-bond acceptors (Lipinski definition) is 6. The summed E-state index contributed by atoms with van der Waals surface area (Å²) in [6.45, 7) is 6.41. The quantitative estimate of drug-likeness (QED) is 0.0261. The predicted octanol–water partition coefficient (Wildman–Crippen LogP) is 20.5. The molecule has 0 saturated carbocycles. The van der Waals surface area contributed by atoms with Crippen LogP contribution in [-0.4, -0.2) is 37.2 Å². The van der Waals surface area contributed by atoms with Gasteiger partial charge < -0.3 is 14.2 Å². The molecule has 0 radical (unpaired) electrons. The van der Waals surface area contributed by atoms with Crippen molar-refractivity contribution in [1.29, 1.82) is 0 Å². The van der Waals surface area contributed by atoms with Gasteiger partial charge in [-0.2, -0.15) is 0 Å². The fraction of sp³-hybridized carbons (Fsp3) is 0.712. The number of esters is 3. The number of unbranched alkanes of at least 4 members (excludes halogenated alkanes) is 27. The number of allylic oxidation sites excluding steroid dienone is 16. The molecule has 0 saturated heterocycles. The first-order valence-electron chi connectivity index (χ1n) is 30.2. The van der Waals surface area contributed by atoms with E-state index in [0.717, 1.165) is 116 Å². The molecule has 0 aromatic carbocycles. The van der Waals surface area contributed by atoms with Gasteiger partial charge in [-0.25, -0.2) is 0 Å². The maximum absolute atomic E-state index is 12.9. The third-order valence-corrected chi connectivity index (χ3v) is 12.8. The highest BCUT2D eigenvalue weighted by Crippen LogP contribution is 2.16. The lowest BCUT2D eigenvalue weighted by molar-refractivity contribution is -0.167. The predicted molar refractivity (Wildman–Crippen MR) is 311 cm³/mol. The van der Waals surface area contributed by atoms with Crippen LogP contribution in [0.15, 0.2) is 97.2 Å². The van der Waals surface area contributed by atoms with E-state index in [9.17, 15) is 14.4 Å². The molecule has 0 aliphatic rings. The van der Waals surface area contributed by atoms with Crippen LogP contribution >= 0.6 is 0 Å². The molecular formula is C66H112O6. The molecule has 0 rings (SSSR count). The minimum absolute atomic E-state index is 0.0802. The Bertz CT molecular complexity index is 1430. The lowest BCUT2D eigenvalue weighted by atomic mass is 10.1. The SMILES string of the molecule is CC/C=C\C/C=C\C/C=C\C/C=C\CCCCCCCCCCCCC(=O)OCC(COC(=O)CCCCCCCCCCCC)OC(=O)CCCCCCCCCC/C=C\C/C=C\C/C=C\C/C=C\CC. The summed E-state index contributed by atoms with van der Waals surface area (Å²) >= 11 is 0. The van der Waals surface area contributed by atoms with Crippen LogP contribution in [0.4, 0.5) is 0 Å². The summed E-state index contributed by atoms with van der Waals surface area (Å²) in [5.74, 6) is -0.887. The van der Waals surface area contributed by atoms with E-state index in [1.165, 1.54) is 128 Å². The topological polar surface area (TPSA) is 78.9 Å². The Hall–Kier alpha value is -3.67. The number of rotatable bonds is 54. The van der Waals surface area contributed by atoms with Crippen molar-refractivity contribution in [2.75, 3.05) is 13.2 Å². The Labute approximate surface area is 445 Å². The van der Waals surface area contributed by atoms with Crippen molar-refractivity contribution in [1.82, 2.24) is 0 Å². The first-order chi connectivity index (χ1) is 35.5. The molecule has 412 valence electrons. The third kappa shape index (κ3) is 57.2. The molecule has 0 N–H and O–H groups in total. The Morgan fingerprint density at radius 1 is 0.292 bits per heavy atom. The average Bonchev–Trinajstić information content (AvgIpc) is 3.38. The fourth-order valence-electron chi connectivity index (χ4n) is 8.37. The molecule has 0 aromatic heterocycles. The van der Waals surface area contributed by atoms with E-state index in [4.69, 9.17) is 14.2 Å². The van der Waals surface area contributed by atoms with E-state index in [1.807, 2.05) is 0 Å². The van der Waals surface area contributed by atoms with E-state index >= 15 is 0 Å². The van der Waals surface area contributed by atoms with Crippen LogP contribution in [0.1, 0.15) is 284 Å². The molecule has 0 amide bonds. The highest BCUT2D eigenvalue weighted by molar-refractivity contribution is 5.71. The second-order valence-electron chi connectivity index (χ2n) is 19.9. The van der Waals surface area contributed by atoms with Gasteiger partial charge in [0.25, 0.3) is 0 Å². The molecule has 0 fully saturated rings. The summed E-state index contributed by atoms with van der Waals surface area (Å²) in [6.07, 6.45) is 79.8. The Kier molecular flexibility index (Phi) is 56.8. The highest BCUT2D eigenvalue weighted by atomic mass is 16.6. The van der Waals surface area contributed by atoms with Gasteiger partial charge in [-0.15, -0.1) is 0 Å². The van der Waals surface area contributed by atoms with Crippen molar-refractivity contribution in [2.45, 2.75) is 290 Å². The van der Waals surface area contributed by atoms with E-state index in [0.29, 0.717) is 19.3 Å². The molecule has 0 bridgehead atoms. The molecule has 0 heterocycles. The van der Waals surface area contributed by atoms with Crippen LogP contribution < -0.4 is 0 Å². The Balaban J connectivity index is 4.30. The summed E-state index contributed by atoms with van der Waals surface area (Å²) in [7, 11) is 0. The van der Waals surface area contributed by atoms with Crippen molar-refractivity contribution in [3.8, 4) is 0 Å². The van der Waals surface area contributed by atoms with Crippen LogP contribution in [0.2, 0.25) is 0 Å². The van der Waals surface area contributed by atoms with Gasteiger partial charge in [0, 0.05) is 19.3 Å². The lowest BCUT2D eigenvalue weighted by Gasteiger charge is -2.18. The first kappa shape index (κ1) is 68.3. The number of hydrogen-bond donors (Lipinski definition) is 0. The largest absolute Gasteiger partial charge is 0.462 e. The van der Waals surface area contributed by atoms with Crippen LogP contribution in [0, 0.1) is 0 Å². The maximum Gasteiger partial charge on any atom is 0.306 e. The van der Waals surface area contributed by atoms with Crippen LogP contribution in [0.3, 0.4) is 0 Å². The van der Waals surface area contributed by atoms with Gasteiger partial charge in [-0.3, -0.25) is 14.4 Å². The molecule has 0 aromatic rings. The average molecular weight is 1000 g/mol. The smallest absolute Gasteiger partial charge is 0.306 e. The molecule has 6 nitrogen and oxygen atoms in total. The summed E-state index contributed by atoms with van der Waals surface area (Å²) in [6, 6.07) is 0. The summed E-state index contributed by atoms with van der Waals surface area (Å²) in [5, 5.41) is 0. The normalized spacial score (nSPS) is 12.8. The summed E-state index contributed by atoms with van der Waals surface area (Å²) in [5.41, 5.74) is 0. The van der Waals surface area contributed by atoms with Crippen molar-refractivity contribution in [3.05, 3.63) is 97.2 Å². The summed E-state index contributed by atoms with van der Waals surface area (Å²) < 4.78 is 16.9. The molecule has 0 spiro atoms. The van der Waals surface area contributed by atoms with Gasteiger partial charge in [0.15, 0.2) is 6.10 Å². The second-order valence-corrected chi connectivity index (χ2v) is 19.9. The molecular weight excluding hydrogens is 889 g/mol.